The molecular formula is C26H27ClN8O. The number of aromatic nitrogens is 5. The first-order valence-corrected chi connectivity index (χ1v) is 12.8. The minimum Gasteiger partial charge on any atom is -0.355 e. The molecule has 0 saturated carbocycles. The van der Waals surface area contributed by atoms with Crippen molar-refractivity contribution in [3.05, 3.63) is 58.8 Å². The molecule has 6 rings (SSSR count). The largest absolute Gasteiger partial charge is 0.355 e. The maximum absolute atomic E-state index is 13.8. The van der Waals surface area contributed by atoms with Crippen LogP contribution in [0, 0.1) is 30.1 Å². The van der Waals surface area contributed by atoms with E-state index in [9.17, 15) is 10.1 Å². The summed E-state index contributed by atoms with van der Waals surface area (Å²) in [5.41, 5.74) is 3.60. The molecule has 2 aliphatic rings. The van der Waals surface area contributed by atoms with Crippen molar-refractivity contribution in [1.29, 1.82) is 5.26 Å². The van der Waals surface area contributed by atoms with E-state index in [-0.39, 0.29) is 23.0 Å². The third-order valence-corrected chi connectivity index (χ3v) is 7.76. The summed E-state index contributed by atoms with van der Waals surface area (Å²) in [4.78, 5) is 27.1. The van der Waals surface area contributed by atoms with E-state index in [1.54, 1.807) is 8.92 Å². The van der Waals surface area contributed by atoms with E-state index in [2.05, 4.69) is 22.9 Å². The fourth-order valence-electron chi connectivity index (χ4n) is 5.59. The maximum Gasteiger partial charge on any atom is 0.274 e. The van der Waals surface area contributed by atoms with Crippen molar-refractivity contribution in [2.45, 2.75) is 39.2 Å². The highest BCUT2D eigenvalue weighted by molar-refractivity contribution is 6.32. The standard InChI is InChI=1S/C26H27ClN8O/c1-16-13-32(15-18(16)12-28)25-17(2)14-35-22(30-25)11-19(31-35)20-7-3-5-9-33(20)26(36)23-24(27)29-21-8-4-6-10-34(21)23/h4,6,8,10-11,14,16,18,20H,3,5,7,9,13,15H2,1-2H3/t16-,18+,20-/m0/s1. The van der Waals surface area contributed by atoms with Gasteiger partial charge in [-0.25, -0.2) is 14.5 Å². The molecule has 184 valence electrons. The zero-order valence-electron chi connectivity index (χ0n) is 20.3. The van der Waals surface area contributed by atoms with Crippen LogP contribution in [-0.2, 0) is 0 Å². The van der Waals surface area contributed by atoms with Crippen molar-refractivity contribution in [3.63, 3.8) is 0 Å². The number of likely N-dealkylation sites (tertiary alicyclic amines) is 1. The number of carbonyl (C=O) groups excluding carboxylic acids is 1. The van der Waals surface area contributed by atoms with E-state index in [4.69, 9.17) is 21.7 Å². The molecule has 0 radical (unpaired) electrons. The van der Waals surface area contributed by atoms with Crippen LogP contribution >= 0.6 is 11.6 Å². The Balaban J connectivity index is 1.35. The van der Waals surface area contributed by atoms with E-state index >= 15 is 0 Å². The monoisotopic (exact) mass is 502 g/mol. The Bertz CT molecular complexity index is 1520. The predicted molar refractivity (Wildman–Crippen MR) is 136 cm³/mol. The van der Waals surface area contributed by atoms with Crippen molar-refractivity contribution in [2.75, 3.05) is 24.5 Å². The first-order chi connectivity index (χ1) is 17.4. The lowest BCUT2D eigenvalue weighted by Gasteiger charge is -2.34. The molecule has 10 heteroatoms. The van der Waals surface area contributed by atoms with Gasteiger partial charge in [0.1, 0.15) is 11.5 Å². The zero-order valence-corrected chi connectivity index (χ0v) is 21.1. The second-order valence-electron chi connectivity index (χ2n) is 9.93. The molecule has 0 bridgehead atoms. The molecule has 6 heterocycles. The molecule has 2 aliphatic heterocycles. The summed E-state index contributed by atoms with van der Waals surface area (Å²) in [6.45, 7) is 6.27. The van der Waals surface area contributed by atoms with Crippen molar-refractivity contribution < 1.29 is 4.79 Å². The number of nitrogens with zero attached hydrogens (tertiary/aromatic N) is 8. The summed E-state index contributed by atoms with van der Waals surface area (Å²) in [6.07, 6.45) is 6.57. The Morgan fingerprint density at radius 3 is 2.86 bits per heavy atom. The summed E-state index contributed by atoms with van der Waals surface area (Å²) < 4.78 is 3.55. The number of hydrogen-bond acceptors (Lipinski definition) is 6. The molecule has 2 fully saturated rings. The summed E-state index contributed by atoms with van der Waals surface area (Å²) in [7, 11) is 0. The summed E-state index contributed by atoms with van der Waals surface area (Å²) >= 11 is 6.43. The van der Waals surface area contributed by atoms with Gasteiger partial charge < -0.3 is 9.80 Å². The highest BCUT2D eigenvalue weighted by Gasteiger charge is 2.34. The topological polar surface area (TPSA) is 94.8 Å². The fraction of sp³-hybridized carbons (Fsp3) is 0.423. The normalized spacial score (nSPS) is 22.4. The molecule has 0 aromatic carbocycles. The van der Waals surface area contributed by atoms with Gasteiger partial charge in [-0.15, -0.1) is 0 Å². The van der Waals surface area contributed by atoms with Crippen LogP contribution in [0.5, 0.6) is 0 Å². The Labute approximate surface area is 213 Å². The molecular weight excluding hydrogens is 476 g/mol. The highest BCUT2D eigenvalue weighted by Crippen LogP contribution is 2.34. The quantitative estimate of drug-likeness (QED) is 0.414. The lowest BCUT2D eigenvalue weighted by atomic mass is 9.99. The third-order valence-electron chi connectivity index (χ3n) is 7.50. The van der Waals surface area contributed by atoms with Crippen LogP contribution < -0.4 is 4.90 Å². The fourth-order valence-corrected chi connectivity index (χ4v) is 5.85. The highest BCUT2D eigenvalue weighted by atomic mass is 35.5. The van der Waals surface area contributed by atoms with Gasteiger partial charge in [0.25, 0.3) is 5.91 Å². The number of imidazole rings is 1. The van der Waals surface area contributed by atoms with Crippen molar-refractivity contribution in [1.82, 2.24) is 28.9 Å². The Kier molecular flexibility index (Phi) is 5.56. The van der Waals surface area contributed by atoms with Gasteiger partial charge in [0.05, 0.1) is 23.7 Å². The molecule has 3 atom stereocenters. The minimum atomic E-state index is -0.170. The van der Waals surface area contributed by atoms with E-state index in [0.717, 1.165) is 48.5 Å². The third kappa shape index (κ3) is 3.68. The summed E-state index contributed by atoms with van der Waals surface area (Å²) in [5.74, 6) is 1.07. The molecule has 9 nitrogen and oxygen atoms in total. The summed E-state index contributed by atoms with van der Waals surface area (Å²) in [6, 6.07) is 9.81. The van der Waals surface area contributed by atoms with Crippen molar-refractivity contribution >= 4 is 34.6 Å². The van der Waals surface area contributed by atoms with Gasteiger partial charge >= 0.3 is 0 Å². The SMILES string of the molecule is Cc1cn2nc([C@@H]3CCCCN3C(=O)c3c(Cl)nc4ccccn34)cc2nc1N1C[C@@H](C#N)[C@@H](C)C1. The van der Waals surface area contributed by atoms with Crippen LogP contribution in [0.1, 0.15) is 54.0 Å². The van der Waals surface area contributed by atoms with Crippen LogP contribution in [0.15, 0.2) is 36.7 Å². The van der Waals surface area contributed by atoms with Crippen LogP contribution in [0.3, 0.4) is 0 Å². The van der Waals surface area contributed by atoms with Crippen molar-refractivity contribution in [2.24, 2.45) is 11.8 Å². The molecule has 4 aromatic rings. The van der Waals surface area contributed by atoms with Crippen LogP contribution in [0.2, 0.25) is 5.15 Å². The summed E-state index contributed by atoms with van der Waals surface area (Å²) in [5, 5.41) is 14.5. The molecule has 0 aliphatic carbocycles. The molecule has 36 heavy (non-hydrogen) atoms. The number of halogens is 1. The van der Waals surface area contributed by atoms with Gasteiger partial charge in [0.2, 0.25) is 0 Å². The van der Waals surface area contributed by atoms with Gasteiger partial charge in [0.15, 0.2) is 16.5 Å². The number of rotatable bonds is 3. The van der Waals surface area contributed by atoms with Crippen LogP contribution in [-0.4, -0.2) is 54.4 Å². The number of aryl methyl sites for hydroxylation is 1. The maximum atomic E-state index is 13.8. The lowest BCUT2D eigenvalue weighted by Crippen LogP contribution is -2.39. The zero-order chi connectivity index (χ0) is 25.0. The number of carbonyl (C=O) groups is 1. The first kappa shape index (κ1) is 22.8. The predicted octanol–water partition coefficient (Wildman–Crippen LogP) is 4.30. The van der Waals surface area contributed by atoms with Crippen LogP contribution in [0.4, 0.5) is 5.82 Å². The second-order valence-corrected chi connectivity index (χ2v) is 10.3. The number of amides is 1. The molecule has 4 aromatic heterocycles. The Morgan fingerprint density at radius 1 is 1.19 bits per heavy atom. The van der Waals surface area contributed by atoms with E-state index in [1.165, 1.54) is 0 Å². The number of anilines is 1. The number of piperidine rings is 1. The average Bonchev–Trinajstić information content (AvgIpc) is 3.56. The van der Waals surface area contributed by atoms with Gasteiger partial charge in [-0.1, -0.05) is 24.6 Å². The first-order valence-electron chi connectivity index (χ1n) is 12.4. The number of nitriles is 1. The Morgan fingerprint density at radius 2 is 2.06 bits per heavy atom. The van der Waals surface area contributed by atoms with Crippen molar-refractivity contribution in [3.8, 4) is 6.07 Å². The number of pyridine rings is 1. The van der Waals surface area contributed by atoms with Gasteiger partial charge in [-0.2, -0.15) is 10.4 Å². The van der Waals surface area contributed by atoms with Gasteiger partial charge in [0, 0.05) is 43.7 Å². The number of fused-ring (bicyclic) bond motifs is 2. The molecule has 0 N–H and O–H groups in total. The number of hydrogen-bond donors (Lipinski definition) is 0. The average molecular weight is 503 g/mol. The molecule has 0 spiro atoms. The molecule has 1 amide bonds. The molecule has 0 unspecified atom stereocenters. The minimum absolute atomic E-state index is 0.0103. The van der Waals surface area contributed by atoms with E-state index in [1.807, 2.05) is 48.5 Å². The van der Waals surface area contributed by atoms with Gasteiger partial charge in [-0.05, 0) is 44.2 Å². The Hall–Kier alpha value is -3.64. The van der Waals surface area contributed by atoms with Crippen LogP contribution in [0.25, 0.3) is 11.3 Å². The van der Waals surface area contributed by atoms with E-state index < -0.39 is 0 Å². The van der Waals surface area contributed by atoms with Gasteiger partial charge in [-0.3, -0.25) is 9.20 Å². The smallest absolute Gasteiger partial charge is 0.274 e. The lowest BCUT2D eigenvalue weighted by molar-refractivity contribution is 0.0598. The second kappa shape index (κ2) is 8.79. The van der Waals surface area contributed by atoms with E-state index in [0.29, 0.717) is 30.3 Å². The molecule has 2 saturated heterocycles.